The lowest BCUT2D eigenvalue weighted by atomic mass is 9.90. The molecular weight excluding hydrogens is 263 g/mol. The van der Waals surface area contributed by atoms with Crippen LogP contribution in [0.1, 0.15) is 43.7 Å². The Hall–Kier alpha value is -0.170. The summed E-state index contributed by atoms with van der Waals surface area (Å²) in [4.78, 5) is 0. The maximum absolute atomic E-state index is 6.09. The van der Waals surface area contributed by atoms with E-state index in [-0.39, 0.29) is 10.4 Å². The number of hydrogen-bond donors (Lipinski definition) is 0. The molecule has 1 atom stereocenters. The molecule has 0 N–H and O–H groups in total. The molecule has 1 aromatic rings. The van der Waals surface area contributed by atoms with Crippen LogP contribution in [0, 0.1) is 0 Å². The van der Waals surface area contributed by atoms with E-state index in [0.717, 1.165) is 0 Å². The summed E-state index contributed by atoms with van der Waals surface area (Å²) in [6, 6.07) is 8.22. The van der Waals surface area contributed by atoms with Crippen LogP contribution in [0.4, 0.5) is 0 Å². The first kappa shape index (κ1) is 13.9. The van der Waals surface area contributed by atoms with Crippen LogP contribution in [0.25, 0.3) is 0 Å². The van der Waals surface area contributed by atoms with Crippen molar-refractivity contribution in [1.29, 1.82) is 0 Å². The Morgan fingerprint density at radius 2 is 1.44 bits per heavy atom. The molecule has 0 aliphatic rings. The lowest BCUT2D eigenvalue weighted by molar-refractivity contribution is 0.818. The molecule has 88 valence electrons. The van der Waals surface area contributed by atoms with Crippen LogP contribution in [0.2, 0.25) is 0 Å². The van der Waals surface area contributed by atoms with Crippen LogP contribution in [-0.4, -0.2) is 0 Å². The molecule has 0 aromatic heterocycles. The number of rotatable bonds is 3. The summed E-state index contributed by atoms with van der Waals surface area (Å²) in [6.07, 6.45) is 0. The highest BCUT2D eigenvalue weighted by molar-refractivity contribution is 6.59. The molecule has 0 aliphatic carbocycles. The normalized spacial score (nSPS) is 12.7. The fourth-order valence-electron chi connectivity index (χ4n) is 1.73. The molecule has 0 fully saturated rings. The number of hydrogen-bond acceptors (Lipinski definition) is 0. The van der Waals surface area contributed by atoms with Gasteiger partial charge in [0, 0.05) is 5.92 Å². The molecule has 0 heterocycles. The molecule has 0 aliphatic heterocycles. The van der Waals surface area contributed by atoms with E-state index in [1.54, 1.807) is 0 Å². The minimum absolute atomic E-state index is 0.0327. The van der Waals surface area contributed by atoms with Crippen molar-refractivity contribution < 1.29 is 0 Å². The minimum Gasteiger partial charge on any atom is -0.0859 e. The summed E-state index contributed by atoms with van der Waals surface area (Å²) in [6.45, 7) is 6.32. The second-order valence-electron chi connectivity index (χ2n) is 4.11. The smallest absolute Gasteiger partial charge is 0.0859 e. The second-order valence-corrected chi connectivity index (χ2v) is 5.47. The molecule has 0 spiro atoms. The van der Waals surface area contributed by atoms with Crippen molar-refractivity contribution in [2.24, 2.45) is 0 Å². The zero-order chi connectivity index (χ0) is 12.3. The zero-order valence-corrected chi connectivity index (χ0v) is 11.9. The van der Waals surface area contributed by atoms with Gasteiger partial charge in [-0.3, -0.25) is 0 Å². The van der Waals surface area contributed by atoms with Crippen molar-refractivity contribution in [3.8, 4) is 0 Å². The topological polar surface area (TPSA) is 0 Å². The van der Waals surface area contributed by atoms with E-state index in [4.69, 9.17) is 34.8 Å². The average molecular weight is 278 g/mol. The van der Waals surface area contributed by atoms with Crippen molar-refractivity contribution in [3.05, 3.63) is 44.9 Å². The Labute approximate surface area is 112 Å². The van der Waals surface area contributed by atoms with Crippen LogP contribution in [0.3, 0.4) is 0 Å². The monoisotopic (exact) mass is 276 g/mol. The largest absolute Gasteiger partial charge is 0.121 e. The predicted octanol–water partition coefficient (Wildman–Crippen LogP) is 5.80. The molecule has 0 bridgehead atoms. The number of allylic oxidation sites excluding steroid dienone is 1. The van der Waals surface area contributed by atoms with E-state index < -0.39 is 0 Å². The van der Waals surface area contributed by atoms with E-state index >= 15 is 0 Å². The molecule has 1 aromatic carbocycles. The summed E-state index contributed by atoms with van der Waals surface area (Å²) in [5.74, 6) is 0.488. The van der Waals surface area contributed by atoms with Crippen molar-refractivity contribution in [2.45, 2.75) is 32.6 Å². The summed E-state index contributed by atoms with van der Waals surface area (Å²) < 4.78 is 0.146. The SMILES string of the molecule is CC(C)c1ccccc1C(C)C(Cl)=C(Cl)Cl. The van der Waals surface area contributed by atoms with Gasteiger partial charge >= 0.3 is 0 Å². The van der Waals surface area contributed by atoms with E-state index in [1.165, 1.54) is 11.1 Å². The van der Waals surface area contributed by atoms with Gasteiger partial charge in [-0.15, -0.1) is 0 Å². The highest BCUT2D eigenvalue weighted by Crippen LogP contribution is 2.35. The molecule has 16 heavy (non-hydrogen) atoms. The second kappa shape index (κ2) is 5.95. The van der Waals surface area contributed by atoms with Crippen molar-refractivity contribution in [2.75, 3.05) is 0 Å². The van der Waals surface area contributed by atoms with Crippen LogP contribution < -0.4 is 0 Å². The third-order valence-corrected chi connectivity index (χ3v) is 3.76. The molecule has 0 amide bonds. The number of halogens is 3. The molecule has 1 unspecified atom stereocenters. The molecule has 0 saturated heterocycles. The minimum atomic E-state index is 0.0327. The summed E-state index contributed by atoms with van der Waals surface area (Å²) in [5, 5.41) is 0.497. The summed E-state index contributed by atoms with van der Waals surface area (Å²) in [7, 11) is 0. The van der Waals surface area contributed by atoms with Crippen molar-refractivity contribution in [1.82, 2.24) is 0 Å². The van der Waals surface area contributed by atoms with E-state index in [0.29, 0.717) is 11.0 Å². The third kappa shape index (κ3) is 3.16. The molecule has 3 heteroatoms. The lowest BCUT2D eigenvalue weighted by Crippen LogP contribution is -2.01. The Balaban J connectivity index is 3.18. The average Bonchev–Trinajstić information content (AvgIpc) is 2.26. The van der Waals surface area contributed by atoms with Gasteiger partial charge < -0.3 is 0 Å². The van der Waals surface area contributed by atoms with Gasteiger partial charge in [-0.1, -0.05) is 79.8 Å². The standard InChI is InChI=1S/C13H15Cl3/c1-8(2)10-6-4-5-7-11(10)9(3)12(14)13(15)16/h4-9H,1-3H3. The Kier molecular flexibility index (Phi) is 5.17. The van der Waals surface area contributed by atoms with Crippen LogP contribution >= 0.6 is 34.8 Å². The maximum Gasteiger partial charge on any atom is 0.121 e. The van der Waals surface area contributed by atoms with E-state index in [2.05, 4.69) is 26.0 Å². The molecular formula is C13H15Cl3. The molecule has 0 saturated carbocycles. The van der Waals surface area contributed by atoms with Crippen LogP contribution in [0.15, 0.2) is 33.8 Å². The third-order valence-electron chi connectivity index (χ3n) is 2.65. The van der Waals surface area contributed by atoms with Gasteiger partial charge in [-0.05, 0) is 17.0 Å². The zero-order valence-electron chi connectivity index (χ0n) is 9.60. The first-order chi connectivity index (χ1) is 7.45. The Bertz CT molecular complexity index is 390. The van der Waals surface area contributed by atoms with Gasteiger partial charge in [0.25, 0.3) is 0 Å². The van der Waals surface area contributed by atoms with Crippen LogP contribution in [-0.2, 0) is 0 Å². The van der Waals surface area contributed by atoms with Gasteiger partial charge in [0.05, 0.1) is 5.03 Å². The quantitative estimate of drug-likeness (QED) is 0.655. The highest BCUT2D eigenvalue weighted by atomic mass is 35.5. The van der Waals surface area contributed by atoms with Crippen molar-refractivity contribution >= 4 is 34.8 Å². The van der Waals surface area contributed by atoms with Gasteiger partial charge in [0.15, 0.2) is 0 Å². The van der Waals surface area contributed by atoms with Gasteiger partial charge in [0.1, 0.15) is 4.49 Å². The lowest BCUT2D eigenvalue weighted by Gasteiger charge is -2.18. The van der Waals surface area contributed by atoms with Crippen LogP contribution in [0.5, 0.6) is 0 Å². The summed E-state index contributed by atoms with van der Waals surface area (Å²) in [5.41, 5.74) is 2.46. The maximum atomic E-state index is 6.09. The van der Waals surface area contributed by atoms with Gasteiger partial charge in [0.2, 0.25) is 0 Å². The van der Waals surface area contributed by atoms with Crippen molar-refractivity contribution in [3.63, 3.8) is 0 Å². The van der Waals surface area contributed by atoms with E-state index in [9.17, 15) is 0 Å². The fraction of sp³-hybridized carbons (Fsp3) is 0.385. The Morgan fingerprint density at radius 1 is 0.938 bits per heavy atom. The fourth-order valence-corrected chi connectivity index (χ4v) is 2.18. The first-order valence-corrected chi connectivity index (χ1v) is 6.38. The number of benzene rings is 1. The van der Waals surface area contributed by atoms with Gasteiger partial charge in [-0.2, -0.15) is 0 Å². The molecule has 0 radical (unpaired) electrons. The molecule has 0 nitrogen and oxygen atoms in total. The van der Waals surface area contributed by atoms with Gasteiger partial charge in [-0.25, -0.2) is 0 Å². The summed E-state index contributed by atoms with van der Waals surface area (Å²) >= 11 is 17.5. The highest BCUT2D eigenvalue weighted by Gasteiger charge is 2.17. The Morgan fingerprint density at radius 3 is 1.88 bits per heavy atom. The predicted molar refractivity (Wildman–Crippen MR) is 73.5 cm³/mol. The first-order valence-electron chi connectivity index (χ1n) is 5.24. The molecule has 1 rings (SSSR count). The van der Waals surface area contributed by atoms with E-state index in [1.807, 2.05) is 19.1 Å².